The van der Waals surface area contributed by atoms with E-state index in [1.807, 2.05) is 11.0 Å². The van der Waals surface area contributed by atoms with Gasteiger partial charge in [0.05, 0.1) is 6.04 Å². The van der Waals surface area contributed by atoms with E-state index in [1.165, 1.54) is 21.2 Å². The third-order valence-corrected chi connectivity index (χ3v) is 8.64. The maximum Gasteiger partial charge on any atom is 0.405 e. The van der Waals surface area contributed by atoms with E-state index in [1.54, 1.807) is 41.7 Å². The number of hydrogen-bond donors (Lipinski definition) is 2. The van der Waals surface area contributed by atoms with E-state index in [9.17, 15) is 18.0 Å². The van der Waals surface area contributed by atoms with E-state index in [2.05, 4.69) is 64.5 Å². The van der Waals surface area contributed by atoms with Crippen LogP contribution in [0.3, 0.4) is 0 Å². The molecule has 5 rings (SSSR count). The summed E-state index contributed by atoms with van der Waals surface area (Å²) in [6, 6.07) is 25.3. The zero-order valence-corrected chi connectivity index (χ0v) is 23.1. The van der Waals surface area contributed by atoms with Crippen molar-refractivity contribution in [3.05, 3.63) is 106 Å². The molecule has 3 atom stereocenters. The first kappa shape index (κ1) is 28.3. The lowest BCUT2D eigenvalue weighted by molar-refractivity contribution is -0.178. The number of halogens is 3. The Bertz CT molecular complexity index is 1370. The van der Waals surface area contributed by atoms with Crippen LogP contribution in [0.15, 0.2) is 90.3 Å². The molecule has 3 unspecified atom stereocenters. The summed E-state index contributed by atoms with van der Waals surface area (Å²) in [5, 5.41) is 10.2. The number of nitrogens with zero attached hydrogens (tertiary/aromatic N) is 1. The van der Waals surface area contributed by atoms with Crippen LogP contribution in [-0.2, 0) is 4.79 Å². The van der Waals surface area contributed by atoms with Gasteiger partial charge in [-0.2, -0.15) is 13.2 Å². The lowest BCUT2D eigenvalue weighted by Gasteiger charge is -2.43. The Hall–Kier alpha value is -3.20. The van der Waals surface area contributed by atoms with Gasteiger partial charge in [0, 0.05) is 36.9 Å². The lowest BCUT2D eigenvalue weighted by atomic mass is 9.90. The topological polar surface area (TPSA) is 44.4 Å². The molecule has 4 nitrogen and oxygen atoms in total. The molecule has 0 spiro atoms. The highest BCUT2D eigenvalue weighted by molar-refractivity contribution is 7.10. The normalized spacial score (nSPS) is 19.0. The standard InChI is InChI=1S/C32H34F3N3OS/c33-32(34,35)31-30(24-10-2-1-3-11-24)38(21-19-37-31)20-7-16-29(39)36-18-17-27(28-15-8-22-40-28)26-14-6-12-23-9-4-5-13-25(23)26/h1-6,8-15,22,27,30-31,37H,7,16-21H2,(H,36,39). The first-order valence-electron chi connectivity index (χ1n) is 13.8. The number of thiophene rings is 1. The minimum Gasteiger partial charge on any atom is -0.356 e. The molecule has 4 aromatic rings. The van der Waals surface area contributed by atoms with Crippen LogP contribution in [0.1, 0.15) is 47.2 Å². The molecule has 0 aliphatic carbocycles. The molecule has 1 fully saturated rings. The zero-order chi connectivity index (χ0) is 28.0. The first-order valence-corrected chi connectivity index (χ1v) is 14.7. The molecular formula is C32H34F3N3OS. The summed E-state index contributed by atoms with van der Waals surface area (Å²) < 4.78 is 41.6. The fourth-order valence-corrected chi connectivity index (χ4v) is 6.69. The van der Waals surface area contributed by atoms with Crippen molar-refractivity contribution in [1.82, 2.24) is 15.5 Å². The number of amides is 1. The molecule has 2 N–H and O–H groups in total. The molecule has 8 heteroatoms. The van der Waals surface area contributed by atoms with Gasteiger partial charge >= 0.3 is 6.18 Å². The predicted molar refractivity (Wildman–Crippen MR) is 156 cm³/mol. The van der Waals surface area contributed by atoms with E-state index in [0.717, 1.165) is 6.42 Å². The SMILES string of the molecule is O=C(CCCN1CCNC(C(F)(F)F)C1c1ccccc1)NCCC(c1cccs1)c1cccc2ccccc12. The monoisotopic (exact) mass is 565 g/mol. The molecule has 1 aliphatic rings. The van der Waals surface area contributed by atoms with Crippen LogP contribution in [0, 0.1) is 0 Å². The van der Waals surface area contributed by atoms with E-state index in [4.69, 9.17) is 0 Å². The fraction of sp³-hybridized carbons (Fsp3) is 0.344. The molecular weight excluding hydrogens is 531 g/mol. The van der Waals surface area contributed by atoms with Crippen LogP contribution >= 0.6 is 11.3 Å². The number of fused-ring (bicyclic) bond motifs is 1. The van der Waals surface area contributed by atoms with Crippen molar-refractivity contribution in [2.75, 3.05) is 26.2 Å². The average Bonchev–Trinajstić information content (AvgIpc) is 3.50. The number of carbonyl (C=O) groups excluding carboxylic acids is 1. The second-order valence-corrected chi connectivity index (χ2v) is 11.2. The van der Waals surface area contributed by atoms with Gasteiger partial charge in [-0.3, -0.25) is 9.69 Å². The Labute approximate surface area is 237 Å². The van der Waals surface area contributed by atoms with E-state index in [-0.39, 0.29) is 24.8 Å². The summed E-state index contributed by atoms with van der Waals surface area (Å²) in [6.45, 7) is 1.72. The van der Waals surface area contributed by atoms with Crippen LogP contribution in [-0.4, -0.2) is 49.2 Å². The predicted octanol–water partition coefficient (Wildman–Crippen LogP) is 6.90. The number of piperazine rings is 1. The second-order valence-electron chi connectivity index (χ2n) is 10.2. The van der Waals surface area contributed by atoms with Gasteiger partial charge in [-0.25, -0.2) is 0 Å². The van der Waals surface area contributed by atoms with Crippen molar-refractivity contribution in [3.63, 3.8) is 0 Å². The summed E-state index contributed by atoms with van der Waals surface area (Å²) in [5.41, 5.74) is 1.88. The maximum absolute atomic E-state index is 13.9. The highest BCUT2D eigenvalue weighted by atomic mass is 32.1. The van der Waals surface area contributed by atoms with Crippen molar-refractivity contribution >= 4 is 28.0 Å². The third kappa shape index (κ3) is 6.74. The molecule has 1 aromatic heterocycles. The Morgan fingerprint density at radius 2 is 1.77 bits per heavy atom. The minimum absolute atomic E-state index is 0.0679. The van der Waals surface area contributed by atoms with Gasteiger partial charge in [-0.05, 0) is 52.7 Å². The third-order valence-electron chi connectivity index (χ3n) is 7.66. The van der Waals surface area contributed by atoms with Crippen molar-refractivity contribution in [2.24, 2.45) is 0 Å². The van der Waals surface area contributed by atoms with Gasteiger partial charge < -0.3 is 10.6 Å². The Kier molecular flexibility index (Phi) is 9.19. The minimum atomic E-state index is -4.36. The smallest absolute Gasteiger partial charge is 0.356 e. The van der Waals surface area contributed by atoms with Crippen LogP contribution in [0.2, 0.25) is 0 Å². The highest BCUT2D eigenvalue weighted by Crippen LogP contribution is 2.37. The largest absolute Gasteiger partial charge is 0.405 e. The van der Waals surface area contributed by atoms with Crippen molar-refractivity contribution in [2.45, 2.75) is 43.4 Å². The zero-order valence-electron chi connectivity index (χ0n) is 22.2. The van der Waals surface area contributed by atoms with E-state index in [0.29, 0.717) is 31.6 Å². The van der Waals surface area contributed by atoms with Gasteiger partial charge in [-0.1, -0.05) is 78.9 Å². The number of nitrogens with one attached hydrogen (secondary N) is 2. The Morgan fingerprint density at radius 1 is 1.00 bits per heavy atom. The van der Waals surface area contributed by atoms with Gasteiger partial charge in [0.2, 0.25) is 5.91 Å². The van der Waals surface area contributed by atoms with Crippen LogP contribution in [0.4, 0.5) is 13.2 Å². The molecule has 0 saturated carbocycles. The molecule has 2 heterocycles. The average molecular weight is 566 g/mol. The lowest BCUT2D eigenvalue weighted by Crippen LogP contribution is -2.58. The highest BCUT2D eigenvalue weighted by Gasteiger charge is 2.48. The first-order chi connectivity index (χ1) is 19.4. The summed E-state index contributed by atoms with van der Waals surface area (Å²) in [7, 11) is 0. The van der Waals surface area contributed by atoms with Crippen molar-refractivity contribution < 1.29 is 18.0 Å². The molecule has 1 aliphatic heterocycles. The molecule has 3 aromatic carbocycles. The van der Waals surface area contributed by atoms with E-state index < -0.39 is 18.3 Å². The summed E-state index contributed by atoms with van der Waals surface area (Å²) in [4.78, 5) is 15.9. The Balaban J connectivity index is 1.18. The summed E-state index contributed by atoms with van der Waals surface area (Å²) in [5.74, 6) is 0.0970. The maximum atomic E-state index is 13.9. The quantitative estimate of drug-likeness (QED) is 0.220. The summed E-state index contributed by atoms with van der Waals surface area (Å²) >= 11 is 1.72. The molecule has 210 valence electrons. The second kappa shape index (κ2) is 13.0. The number of benzene rings is 3. The van der Waals surface area contributed by atoms with Crippen LogP contribution < -0.4 is 10.6 Å². The number of rotatable bonds is 10. The molecule has 0 radical (unpaired) electrons. The van der Waals surface area contributed by atoms with Crippen LogP contribution in [0.5, 0.6) is 0 Å². The van der Waals surface area contributed by atoms with Crippen molar-refractivity contribution in [3.8, 4) is 0 Å². The molecule has 0 bridgehead atoms. The number of carbonyl (C=O) groups is 1. The Morgan fingerprint density at radius 3 is 2.55 bits per heavy atom. The summed E-state index contributed by atoms with van der Waals surface area (Å²) in [6.07, 6.45) is -2.82. The van der Waals surface area contributed by atoms with Crippen LogP contribution in [0.25, 0.3) is 10.8 Å². The molecule has 1 amide bonds. The molecule has 1 saturated heterocycles. The number of alkyl halides is 3. The number of hydrogen-bond acceptors (Lipinski definition) is 4. The van der Waals surface area contributed by atoms with Gasteiger partial charge in [0.15, 0.2) is 0 Å². The van der Waals surface area contributed by atoms with Gasteiger partial charge in [0.1, 0.15) is 6.04 Å². The van der Waals surface area contributed by atoms with E-state index >= 15 is 0 Å². The van der Waals surface area contributed by atoms with Crippen molar-refractivity contribution in [1.29, 1.82) is 0 Å². The van der Waals surface area contributed by atoms with Gasteiger partial charge in [0.25, 0.3) is 0 Å². The molecule has 40 heavy (non-hydrogen) atoms. The van der Waals surface area contributed by atoms with Gasteiger partial charge in [-0.15, -0.1) is 11.3 Å². The fourth-order valence-electron chi connectivity index (χ4n) is 5.81.